The number of nitriles is 1. The lowest BCUT2D eigenvalue weighted by atomic mass is 10.1. The van der Waals surface area contributed by atoms with Crippen molar-refractivity contribution in [2.75, 3.05) is 5.32 Å². The zero-order chi connectivity index (χ0) is 17.8. The summed E-state index contributed by atoms with van der Waals surface area (Å²) in [5, 5.41) is 15.9. The Labute approximate surface area is 144 Å². The molecule has 1 amide bonds. The van der Waals surface area contributed by atoms with Gasteiger partial charge in [0.1, 0.15) is 5.82 Å². The molecule has 2 aromatic carbocycles. The Balaban J connectivity index is 1.77. The molecule has 5 nitrogen and oxygen atoms in total. The van der Waals surface area contributed by atoms with Crippen molar-refractivity contribution in [3.8, 4) is 6.07 Å². The number of carbonyl (C=O) groups excluding carboxylic acids is 1. The summed E-state index contributed by atoms with van der Waals surface area (Å²) in [6, 6.07) is 16.6. The van der Waals surface area contributed by atoms with Crippen LogP contribution >= 0.6 is 0 Å². The number of amides is 1. The van der Waals surface area contributed by atoms with Crippen LogP contribution in [0.3, 0.4) is 0 Å². The van der Waals surface area contributed by atoms with Crippen LogP contribution in [0.25, 0.3) is 0 Å². The zero-order valence-corrected chi connectivity index (χ0v) is 13.5. The van der Waals surface area contributed by atoms with Gasteiger partial charge in [0.05, 0.1) is 18.2 Å². The van der Waals surface area contributed by atoms with E-state index >= 15 is 0 Å². The average molecular weight is 334 g/mol. The van der Waals surface area contributed by atoms with Gasteiger partial charge < -0.3 is 5.32 Å². The van der Waals surface area contributed by atoms with Gasteiger partial charge in [-0.05, 0) is 31.2 Å². The first-order valence-electron chi connectivity index (χ1n) is 7.66. The smallest absolute Gasteiger partial charge is 0.256 e. The van der Waals surface area contributed by atoms with Crippen LogP contribution in [0.5, 0.6) is 0 Å². The molecule has 1 aromatic heterocycles. The van der Waals surface area contributed by atoms with Gasteiger partial charge >= 0.3 is 0 Å². The molecule has 3 rings (SSSR count). The predicted molar refractivity (Wildman–Crippen MR) is 91.6 cm³/mol. The Morgan fingerprint density at radius 3 is 2.80 bits per heavy atom. The number of aryl methyl sites for hydroxylation is 1. The SMILES string of the molecule is Cc1cc(NC(=O)c2cccc(C#N)c2)nn1Cc1ccccc1F. The summed E-state index contributed by atoms with van der Waals surface area (Å²) >= 11 is 0. The van der Waals surface area contributed by atoms with E-state index in [0.29, 0.717) is 22.5 Å². The number of carbonyl (C=O) groups is 1. The molecule has 0 aliphatic rings. The molecular weight excluding hydrogens is 319 g/mol. The number of hydrogen-bond donors (Lipinski definition) is 1. The second-order valence-electron chi connectivity index (χ2n) is 5.57. The second kappa shape index (κ2) is 6.97. The number of hydrogen-bond acceptors (Lipinski definition) is 3. The highest BCUT2D eigenvalue weighted by atomic mass is 19.1. The summed E-state index contributed by atoms with van der Waals surface area (Å²) in [6.07, 6.45) is 0. The quantitative estimate of drug-likeness (QED) is 0.794. The van der Waals surface area contributed by atoms with Crippen LogP contribution in [-0.4, -0.2) is 15.7 Å². The van der Waals surface area contributed by atoms with Crippen molar-refractivity contribution in [2.45, 2.75) is 13.5 Å². The Hall–Kier alpha value is -3.46. The fraction of sp³-hybridized carbons (Fsp3) is 0.105. The molecular formula is C19H15FN4O. The lowest BCUT2D eigenvalue weighted by Gasteiger charge is -2.05. The molecule has 0 unspecified atom stereocenters. The van der Waals surface area contributed by atoms with Crippen molar-refractivity contribution in [3.05, 3.63) is 82.8 Å². The molecule has 3 aromatic rings. The first-order chi connectivity index (χ1) is 12.1. The Morgan fingerprint density at radius 1 is 1.24 bits per heavy atom. The number of nitrogens with one attached hydrogen (secondary N) is 1. The minimum Gasteiger partial charge on any atom is -0.305 e. The number of anilines is 1. The molecule has 0 bridgehead atoms. The van der Waals surface area contributed by atoms with Crippen LogP contribution in [0.1, 0.15) is 27.2 Å². The second-order valence-corrected chi connectivity index (χ2v) is 5.57. The summed E-state index contributed by atoms with van der Waals surface area (Å²) in [7, 11) is 0. The molecule has 1 N–H and O–H groups in total. The van der Waals surface area contributed by atoms with Gasteiger partial charge in [0.15, 0.2) is 5.82 Å². The molecule has 0 fully saturated rings. The van der Waals surface area contributed by atoms with Crippen molar-refractivity contribution in [3.63, 3.8) is 0 Å². The topological polar surface area (TPSA) is 70.7 Å². The summed E-state index contributed by atoms with van der Waals surface area (Å²) in [5.41, 5.74) is 2.10. The minimum atomic E-state index is -0.354. The third-order valence-corrected chi connectivity index (χ3v) is 3.75. The average Bonchev–Trinajstić information content (AvgIpc) is 2.96. The maximum absolute atomic E-state index is 13.8. The number of benzene rings is 2. The summed E-state index contributed by atoms with van der Waals surface area (Å²) in [6.45, 7) is 2.11. The van der Waals surface area contributed by atoms with E-state index in [1.54, 1.807) is 47.1 Å². The normalized spacial score (nSPS) is 10.3. The van der Waals surface area contributed by atoms with Crippen LogP contribution in [0.2, 0.25) is 0 Å². The molecule has 0 saturated heterocycles. The number of aromatic nitrogens is 2. The fourth-order valence-electron chi connectivity index (χ4n) is 2.44. The monoisotopic (exact) mass is 334 g/mol. The Bertz CT molecular complexity index is 972. The molecule has 0 saturated carbocycles. The predicted octanol–water partition coefficient (Wildman–Crippen LogP) is 3.50. The molecule has 0 atom stereocenters. The van der Waals surface area contributed by atoms with Crippen LogP contribution in [-0.2, 0) is 6.54 Å². The fourth-order valence-corrected chi connectivity index (χ4v) is 2.44. The van der Waals surface area contributed by atoms with Crippen LogP contribution < -0.4 is 5.32 Å². The van der Waals surface area contributed by atoms with Gasteiger partial charge in [-0.3, -0.25) is 9.48 Å². The van der Waals surface area contributed by atoms with Gasteiger partial charge in [0, 0.05) is 22.9 Å². The standard InChI is InChI=1S/C19H15FN4O/c1-13-9-18(22-19(25)15-7-4-5-14(10-15)11-21)23-24(13)12-16-6-2-3-8-17(16)20/h2-10H,12H2,1H3,(H,22,23,25). The van der Waals surface area contributed by atoms with E-state index in [1.165, 1.54) is 12.1 Å². The van der Waals surface area contributed by atoms with Gasteiger partial charge in [-0.15, -0.1) is 0 Å². The summed E-state index contributed by atoms with van der Waals surface area (Å²) < 4.78 is 15.4. The highest BCUT2D eigenvalue weighted by Gasteiger charge is 2.12. The minimum absolute atomic E-state index is 0.276. The highest BCUT2D eigenvalue weighted by Crippen LogP contribution is 2.15. The lowest BCUT2D eigenvalue weighted by Crippen LogP contribution is -2.13. The van der Waals surface area contributed by atoms with E-state index in [2.05, 4.69) is 10.4 Å². The van der Waals surface area contributed by atoms with Gasteiger partial charge in [-0.2, -0.15) is 10.4 Å². The van der Waals surface area contributed by atoms with Gasteiger partial charge in [-0.1, -0.05) is 24.3 Å². The van der Waals surface area contributed by atoms with E-state index in [9.17, 15) is 9.18 Å². The summed E-state index contributed by atoms with van der Waals surface area (Å²) in [4.78, 5) is 12.3. The largest absolute Gasteiger partial charge is 0.305 e. The van der Waals surface area contributed by atoms with E-state index in [4.69, 9.17) is 5.26 Å². The molecule has 0 aliphatic heterocycles. The highest BCUT2D eigenvalue weighted by molar-refractivity contribution is 6.03. The Kier molecular flexibility index (Phi) is 4.57. The molecule has 0 spiro atoms. The van der Waals surface area contributed by atoms with Crippen LogP contribution in [0.4, 0.5) is 10.2 Å². The number of rotatable bonds is 4. The number of halogens is 1. The first kappa shape index (κ1) is 16.4. The zero-order valence-electron chi connectivity index (χ0n) is 13.5. The maximum Gasteiger partial charge on any atom is 0.256 e. The van der Waals surface area contributed by atoms with Crippen molar-refractivity contribution in [1.82, 2.24) is 9.78 Å². The molecule has 0 aliphatic carbocycles. The van der Waals surface area contributed by atoms with Gasteiger partial charge in [0.25, 0.3) is 5.91 Å². The van der Waals surface area contributed by atoms with Crippen molar-refractivity contribution in [1.29, 1.82) is 5.26 Å². The molecule has 124 valence electrons. The molecule has 25 heavy (non-hydrogen) atoms. The van der Waals surface area contributed by atoms with E-state index in [-0.39, 0.29) is 18.3 Å². The van der Waals surface area contributed by atoms with Crippen LogP contribution in [0.15, 0.2) is 54.6 Å². The van der Waals surface area contributed by atoms with E-state index in [1.807, 2.05) is 13.0 Å². The van der Waals surface area contributed by atoms with Crippen molar-refractivity contribution < 1.29 is 9.18 Å². The van der Waals surface area contributed by atoms with Crippen LogP contribution in [0, 0.1) is 24.1 Å². The third-order valence-electron chi connectivity index (χ3n) is 3.75. The molecule has 0 radical (unpaired) electrons. The first-order valence-corrected chi connectivity index (χ1v) is 7.66. The number of nitrogens with zero attached hydrogens (tertiary/aromatic N) is 3. The van der Waals surface area contributed by atoms with E-state index < -0.39 is 0 Å². The van der Waals surface area contributed by atoms with E-state index in [0.717, 1.165) is 5.69 Å². The maximum atomic E-state index is 13.8. The van der Waals surface area contributed by atoms with Crippen molar-refractivity contribution in [2.24, 2.45) is 0 Å². The molecule has 6 heteroatoms. The third kappa shape index (κ3) is 3.72. The lowest BCUT2D eigenvalue weighted by molar-refractivity contribution is 0.102. The summed E-state index contributed by atoms with van der Waals surface area (Å²) in [5.74, 6) is -0.273. The van der Waals surface area contributed by atoms with Gasteiger partial charge in [-0.25, -0.2) is 4.39 Å². The molecule has 1 heterocycles. The van der Waals surface area contributed by atoms with Crippen molar-refractivity contribution >= 4 is 11.7 Å². The Morgan fingerprint density at radius 2 is 2.04 bits per heavy atom. The van der Waals surface area contributed by atoms with Gasteiger partial charge in [0.2, 0.25) is 0 Å².